The van der Waals surface area contributed by atoms with Crippen molar-refractivity contribution in [1.29, 1.82) is 0 Å². The largest absolute Gasteiger partial charge is 0.469 e. The molecule has 7 nitrogen and oxygen atoms in total. The minimum absolute atomic E-state index is 0.0157. The van der Waals surface area contributed by atoms with E-state index < -0.39 is 0 Å². The van der Waals surface area contributed by atoms with Gasteiger partial charge in [-0.05, 0) is 31.9 Å². The molecule has 1 aromatic heterocycles. The van der Waals surface area contributed by atoms with Gasteiger partial charge in [0.2, 0.25) is 5.89 Å². The van der Waals surface area contributed by atoms with E-state index in [1.165, 1.54) is 7.11 Å². The molecule has 144 valence electrons. The number of hydrogen-bond donors (Lipinski definition) is 1. The second kappa shape index (κ2) is 9.21. The highest BCUT2D eigenvalue weighted by molar-refractivity contribution is 5.80. The van der Waals surface area contributed by atoms with Gasteiger partial charge in [-0.15, -0.1) is 0 Å². The number of aromatic nitrogens is 1. The number of carbonyl (C=O) groups excluding carboxylic acids is 1. The lowest BCUT2D eigenvalue weighted by molar-refractivity contribution is -0.146. The lowest BCUT2D eigenvalue weighted by atomic mass is 9.97. The van der Waals surface area contributed by atoms with Crippen LogP contribution in [0.3, 0.4) is 0 Å². The quantitative estimate of drug-likeness (QED) is 0.495. The number of hydrogen-bond acceptors (Lipinski definition) is 5. The Bertz CT molecular complexity index is 765. The maximum Gasteiger partial charge on any atom is 0.308 e. The van der Waals surface area contributed by atoms with Crippen LogP contribution in [0.5, 0.6) is 0 Å². The molecule has 0 radical (unpaired) electrons. The summed E-state index contributed by atoms with van der Waals surface area (Å²) in [6, 6.07) is 9.81. The Balaban J connectivity index is 1.63. The van der Waals surface area contributed by atoms with Crippen molar-refractivity contribution in [2.45, 2.75) is 26.3 Å². The Labute approximate surface area is 159 Å². The summed E-state index contributed by atoms with van der Waals surface area (Å²) in [5, 5.41) is 3.32. The molecule has 1 aromatic carbocycles. The molecular formula is C20H26N4O3. The second-order valence-electron chi connectivity index (χ2n) is 6.46. The number of esters is 1. The summed E-state index contributed by atoms with van der Waals surface area (Å²) in [6.45, 7) is 4.82. The number of piperidine rings is 1. The van der Waals surface area contributed by atoms with Crippen LogP contribution in [-0.2, 0) is 16.1 Å². The van der Waals surface area contributed by atoms with Gasteiger partial charge in [-0.3, -0.25) is 4.79 Å². The summed E-state index contributed by atoms with van der Waals surface area (Å²) in [5.74, 6) is 1.31. The summed E-state index contributed by atoms with van der Waals surface area (Å²) in [5.41, 5.74) is 1.73. The summed E-state index contributed by atoms with van der Waals surface area (Å²) < 4.78 is 10.4. The van der Waals surface area contributed by atoms with E-state index in [9.17, 15) is 4.79 Å². The molecule has 1 N–H and O–H groups in total. The van der Waals surface area contributed by atoms with Crippen molar-refractivity contribution in [3.05, 3.63) is 42.3 Å². The van der Waals surface area contributed by atoms with Crippen molar-refractivity contribution < 1.29 is 13.9 Å². The first-order valence-electron chi connectivity index (χ1n) is 9.32. The van der Waals surface area contributed by atoms with Crippen LogP contribution < -0.4 is 5.32 Å². The number of rotatable bonds is 5. The van der Waals surface area contributed by atoms with Crippen LogP contribution >= 0.6 is 0 Å². The van der Waals surface area contributed by atoms with Crippen molar-refractivity contribution in [2.24, 2.45) is 10.9 Å². The van der Waals surface area contributed by atoms with Crippen molar-refractivity contribution in [2.75, 3.05) is 26.7 Å². The van der Waals surface area contributed by atoms with Gasteiger partial charge in [0.1, 0.15) is 12.0 Å². The van der Waals surface area contributed by atoms with E-state index in [0.29, 0.717) is 12.4 Å². The zero-order valence-corrected chi connectivity index (χ0v) is 15.9. The van der Waals surface area contributed by atoms with Crippen molar-refractivity contribution in [3.8, 4) is 11.5 Å². The van der Waals surface area contributed by atoms with E-state index >= 15 is 0 Å². The fraction of sp³-hybridized carbons (Fsp3) is 0.450. The van der Waals surface area contributed by atoms with Crippen molar-refractivity contribution in [1.82, 2.24) is 15.2 Å². The van der Waals surface area contributed by atoms with Crippen LogP contribution in [0.15, 0.2) is 46.0 Å². The smallest absolute Gasteiger partial charge is 0.308 e. The highest BCUT2D eigenvalue weighted by Gasteiger charge is 2.27. The molecule has 0 saturated carbocycles. The highest BCUT2D eigenvalue weighted by Crippen LogP contribution is 2.20. The van der Waals surface area contributed by atoms with Gasteiger partial charge in [-0.2, -0.15) is 0 Å². The van der Waals surface area contributed by atoms with Gasteiger partial charge in [-0.25, -0.2) is 9.98 Å². The van der Waals surface area contributed by atoms with E-state index in [4.69, 9.17) is 14.1 Å². The molecule has 1 fully saturated rings. The summed E-state index contributed by atoms with van der Waals surface area (Å²) in [4.78, 5) is 23.1. The first-order chi connectivity index (χ1) is 13.2. The van der Waals surface area contributed by atoms with Gasteiger partial charge in [0.15, 0.2) is 5.96 Å². The predicted octanol–water partition coefficient (Wildman–Crippen LogP) is 2.69. The van der Waals surface area contributed by atoms with Gasteiger partial charge < -0.3 is 19.4 Å². The van der Waals surface area contributed by atoms with Crippen LogP contribution in [0.25, 0.3) is 11.5 Å². The topological polar surface area (TPSA) is 80.0 Å². The summed E-state index contributed by atoms with van der Waals surface area (Å²) in [7, 11) is 1.45. The zero-order chi connectivity index (χ0) is 19.1. The number of benzene rings is 1. The number of guanidine groups is 1. The molecule has 2 aromatic rings. The molecule has 0 bridgehead atoms. The monoisotopic (exact) mass is 370 g/mol. The predicted molar refractivity (Wildman–Crippen MR) is 103 cm³/mol. The number of ether oxygens (including phenoxy) is 1. The number of carbonyl (C=O) groups is 1. The van der Waals surface area contributed by atoms with Gasteiger partial charge in [0.25, 0.3) is 0 Å². The molecule has 3 rings (SSSR count). The van der Waals surface area contributed by atoms with Crippen LogP contribution in [0, 0.1) is 5.92 Å². The molecule has 1 aliphatic rings. The normalized spacial score (nSPS) is 15.6. The Morgan fingerprint density at radius 2 is 2.07 bits per heavy atom. The molecule has 7 heteroatoms. The summed E-state index contributed by atoms with van der Waals surface area (Å²) in [6.07, 6.45) is 3.21. The second-order valence-corrected chi connectivity index (χ2v) is 6.46. The molecule has 0 atom stereocenters. The van der Waals surface area contributed by atoms with E-state index in [1.54, 1.807) is 6.26 Å². The van der Waals surface area contributed by atoms with Gasteiger partial charge >= 0.3 is 5.97 Å². The molecule has 1 saturated heterocycles. The molecule has 0 spiro atoms. The standard InChI is InChI=1S/C20H26N4O3/c1-3-21-20(24-11-9-16(10-12-24)19(25)26-2)22-13-17-14-27-18(23-17)15-7-5-4-6-8-15/h4-8,14,16H,3,9-13H2,1-2H3,(H,21,22). The van der Waals surface area contributed by atoms with Crippen molar-refractivity contribution in [3.63, 3.8) is 0 Å². The fourth-order valence-electron chi connectivity index (χ4n) is 3.17. The maximum absolute atomic E-state index is 11.7. The van der Waals surface area contributed by atoms with Crippen LogP contribution in [0.4, 0.5) is 0 Å². The van der Waals surface area contributed by atoms with E-state index in [1.807, 2.05) is 37.3 Å². The minimum atomic E-state index is -0.118. The number of aliphatic imine (C=N–C) groups is 1. The lowest BCUT2D eigenvalue weighted by Gasteiger charge is -2.33. The Morgan fingerprint density at radius 1 is 1.33 bits per heavy atom. The number of oxazole rings is 1. The molecular weight excluding hydrogens is 344 g/mol. The SMILES string of the molecule is CCNC(=NCc1coc(-c2ccccc2)n1)N1CCC(C(=O)OC)CC1. The minimum Gasteiger partial charge on any atom is -0.469 e. The molecule has 0 aliphatic carbocycles. The molecule has 1 aliphatic heterocycles. The average molecular weight is 370 g/mol. The molecule has 2 heterocycles. The Morgan fingerprint density at radius 3 is 2.74 bits per heavy atom. The van der Waals surface area contributed by atoms with E-state index in [2.05, 4.69) is 15.2 Å². The van der Waals surface area contributed by atoms with Crippen LogP contribution in [0.1, 0.15) is 25.5 Å². The van der Waals surface area contributed by atoms with Crippen LogP contribution in [0.2, 0.25) is 0 Å². The first kappa shape index (κ1) is 18.9. The van der Waals surface area contributed by atoms with E-state index in [0.717, 1.165) is 49.7 Å². The third-order valence-corrected chi connectivity index (χ3v) is 4.63. The van der Waals surface area contributed by atoms with Crippen LogP contribution in [-0.4, -0.2) is 48.6 Å². The number of nitrogens with zero attached hydrogens (tertiary/aromatic N) is 3. The highest BCUT2D eigenvalue weighted by atomic mass is 16.5. The van der Waals surface area contributed by atoms with Gasteiger partial charge in [0.05, 0.1) is 19.6 Å². The van der Waals surface area contributed by atoms with Gasteiger partial charge in [0, 0.05) is 25.2 Å². The zero-order valence-electron chi connectivity index (χ0n) is 15.9. The van der Waals surface area contributed by atoms with Gasteiger partial charge in [-0.1, -0.05) is 18.2 Å². The third-order valence-electron chi connectivity index (χ3n) is 4.63. The average Bonchev–Trinajstić information content (AvgIpc) is 3.20. The van der Waals surface area contributed by atoms with Crippen molar-refractivity contribution >= 4 is 11.9 Å². The first-order valence-corrected chi connectivity index (χ1v) is 9.32. The number of likely N-dealkylation sites (tertiary alicyclic amines) is 1. The molecule has 27 heavy (non-hydrogen) atoms. The molecule has 0 unspecified atom stereocenters. The number of nitrogens with one attached hydrogen (secondary N) is 1. The Hall–Kier alpha value is -2.83. The Kier molecular flexibility index (Phi) is 6.46. The maximum atomic E-state index is 11.7. The molecule has 0 amide bonds. The van der Waals surface area contributed by atoms with E-state index in [-0.39, 0.29) is 11.9 Å². The summed E-state index contributed by atoms with van der Waals surface area (Å²) >= 11 is 0. The lowest BCUT2D eigenvalue weighted by Crippen LogP contribution is -2.46. The fourth-order valence-corrected chi connectivity index (χ4v) is 3.17. The number of methoxy groups -OCH3 is 1. The third kappa shape index (κ3) is 4.87.